The third kappa shape index (κ3) is 3.53. The molecule has 5 nitrogen and oxygen atoms in total. The summed E-state index contributed by atoms with van der Waals surface area (Å²) in [7, 11) is 0. The molecule has 0 saturated carbocycles. The molecule has 2 rings (SSSR count). The van der Waals surface area contributed by atoms with Crippen LogP contribution in [0.25, 0.3) is 0 Å². The van der Waals surface area contributed by atoms with Crippen molar-refractivity contribution in [2.75, 3.05) is 13.1 Å². The lowest BCUT2D eigenvalue weighted by atomic mass is 10.1. The molecule has 1 amide bonds. The van der Waals surface area contributed by atoms with Gasteiger partial charge in [-0.15, -0.1) is 0 Å². The fourth-order valence-corrected chi connectivity index (χ4v) is 2.31. The molecule has 0 bridgehead atoms. The summed E-state index contributed by atoms with van der Waals surface area (Å²) < 4.78 is 0. The molecule has 0 spiro atoms. The number of aromatic nitrogens is 1. The van der Waals surface area contributed by atoms with Crippen LogP contribution in [-0.2, 0) is 0 Å². The van der Waals surface area contributed by atoms with E-state index in [0.29, 0.717) is 5.56 Å². The lowest BCUT2D eigenvalue weighted by Crippen LogP contribution is -2.33. The van der Waals surface area contributed by atoms with E-state index in [0.717, 1.165) is 38.8 Å². The Hall–Kier alpha value is -1.91. The average Bonchev–Trinajstić information content (AvgIpc) is 2.38. The SMILES string of the molecule is O=C(O)c1cc(C(=O)N2CCCCCCC2)ccn1. The number of carboxylic acid groups (broad SMARTS) is 1. The van der Waals surface area contributed by atoms with E-state index in [1.807, 2.05) is 4.90 Å². The Labute approximate surface area is 112 Å². The minimum absolute atomic E-state index is 0.0853. The molecule has 1 aromatic rings. The molecule has 0 radical (unpaired) electrons. The van der Waals surface area contributed by atoms with Gasteiger partial charge in [0.05, 0.1) is 0 Å². The number of nitrogens with zero attached hydrogens (tertiary/aromatic N) is 2. The van der Waals surface area contributed by atoms with Gasteiger partial charge in [-0.1, -0.05) is 19.3 Å². The zero-order chi connectivity index (χ0) is 13.7. The highest BCUT2D eigenvalue weighted by atomic mass is 16.4. The maximum absolute atomic E-state index is 12.3. The monoisotopic (exact) mass is 262 g/mol. The average molecular weight is 262 g/mol. The molecule has 1 aliphatic heterocycles. The Morgan fingerprint density at radius 3 is 2.37 bits per heavy atom. The van der Waals surface area contributed by atoms with E-state index in [1.165, 1.54) is 18.7 Å². The highest BCUT2D eigenvalue weighted by Gasteiger charge is 2.18. The Kier molecular flexibility index (Phi) is 4.49. The lowest BCUT2D eigenvalue weighted by molar-refractivity contribution is 0.0690. The molecule has 1 aromatic heterocycles. The molecular formula is C14H18N2O3. The van der Waals surface area contributed by atoms with E-state index in [2.05, 4.69) is 4.98 Å². The predicted octanol–water partition coefficient (Wildman–Crippen LogP) is 2.19. The van der Waals surface area contributed by atoms with Gasteiger partial charge in [-0.2, -0.15) is 0 Å². The summed E-state index contributed by atoms with van der Waals surface area (Å²) in [4.78, 5) is 28.8. The minimum Gasteiger partial charge on any atom is -0.477 e. The van der Waals surface area contributed by atoms with Crippen LogP contribution in [-0.4, -0.2) is 40.0 Å². The number of carbonyl (C=O) groups excluding carboxylic acids is 1. The van der Waals surface area contributed by atoms with Crippen molar-refractivity contribution in [3.05, 3.63) is 29.6 Å². The summed E-state index contributed by atoms with van der Waals surface area (Å²) in [5.41, 5.74) is 0.325. The van der Waals surface area contributed by atoms with Crippen molar-refractivity contribution in [1.82, 2.24) is 9.88 Å². The number of pyridine rings is 1. The Morgan fingerprint density at radius 2 is 1.74 bits per heavy atom. The van der Waals surface area contributed by atoms with Crippen molar-refractivity contribution in [3.63, 3.8) is 0 Å². The van der Waals surface area contributed by atoms with Gasteiger partial charge in [0.2, 0.25) is 0 Å². The third-order valence-electron chi connectivity index (χ3n) is 3.37. The first kappa shape index (κ1) is 13.5. The molecule has 0 unspecified atom stereocenters. The van der Waals surface area contributed by atoms with Crippen LogP contribution in [0.15, 0.2) is 18.3 Å². The van der Waals surface area contributed by atoms with Crippen molar-refractivity contribution in [3.8, 4) is 0 Å². The smallest absolute Gasteiger partial charge is 0.354 e. The van der Waals surface area contributed by atoms with Crippen LogP contribution in [0.4, 0.5) is 0 Å². The van der Waals surface area contributed by atoms with Gasteiger partial charge < -0.3 is 10.0 Å². The maximum Gasteiger partial charge on any atom is 0.354 e. The number of carboxylic acids is 1. The number of amides is 1. The van der Waals surface area contributed by atoms with Gasteiger partial charge in [0, 0.05) is 24.8 Å². The molecule has 5 heteroatoms. The second-order valence-corrected chi connectivity index (χ2v) is 4.79. The topological polar surface area (TPSA) is 70.5 Å². The molecule has 1 N–H and O–H groups in total. The maximum atomic E-state index is 12.3. The van der Waals surface area contributed by atoms with Crippen LogP contribution < -0.4 is 0 Å². The number of hydrogen-bond donors (Lipinski definition) is 1. The first-order valence-electron chi connectivity index (χ1n) is 6.67. The van der Waals surface area contributed by atoms with Gasteiger partial charge >= 0.3 is 5.97 Å². The van der Waals surface area contributed by atoms with Crippen LogP contribution >= 0.6 is 0 Å². The van der Waals surface area contributed by atoms with Crippen molar-refractivity contribution in [1.29, 1.82) is 0 Å². The van der Waals surface area contributed by atoms with Crippen LogP contribution in [0.3, 0.4) is 0 Å². The number of hydrogen-bond acceptors (Lipinski definition) is 3. The second kappa shape index (κ2) is 6.31. The molecule has 0 aromatic carbocycles. The molecule has 0 atom stereocenters. The van der Waals surface area contributed by atoms with Gasteiger partial charge in [0.1, 0.15) is 5.69 Å². The van der Waals surface area contributed by atoms with Crippen molar-refractivity contribution >= 4 is 11.9 Å². The van der Waals surface area contributed by atoms with Crippen LogP contribution in [0, 0.1) is 0 Å². The molecular weight excluding hydrogens is 244 g/mol. The van der Waals surface area contributed by atoms with Gasteiger partial charge in [-0.3, -0.25) is 4.79 Å². The molecule has 19 heavy (non-hydrogen) atoms. The summed E-state index contributed by atoms with van der Waals surface area (Å²) in [5.74, 6) is -1.20. The zero-order valence-electron chi connectivity index (χ0n) is 10.8. The highest BCUT2D eigenvalue weighted by Crippen LogP contribution is 2.14. The van der Waals surface area contributed by atoms with Crippen LogP contribution in [0.2, 0.25) is 0 Å². The fourth-order valence-electron chi connectivity index (χ4n) is 2.31. The fraction of sp³-hybridized carbons (Fsp3) is 0.500. The van der Waals surface area contributed by atoms with Crippen molar-refractivity contribution in [2.24, 2.45) is 0 Å². The largest absolute Gasteiger partial charge is 0.477 e. The zero-order valence-corrected chi connectivity index (χ0v) is 10.8. The summed E-state index contributed by atoms with van der Waals surface area (Å²) in [6.45, 7) is 1.51. The predicted molar refractivity (Wildman–Crippen MR) is 70.2 cm³/mol. The Bertz CT molecular complexity index is 466. The normalized spacial score (nSPS) is 16.5. The second-order valence-electron chi connectivity index (χ2n) is 4.79. The molecule has 102 valence electrons. The molecule has 0 aliphatic carbocycles. The van der Waals surface area contributed by atoms with Crippen LogP contribution in [0.1, 0.15) is 53.0 Å². The molecule has 1 saturated heterocycles. The van der Waals surface area contributed by atoms with E-state index in [9.17, 15) is 9.59 Å². The Morgan fingerprint density at radius 1 is 1.11 bits per heavy atom. The number of aromatic carboxylic acids is 1. The van der Waals surface area contributed by atoms with Crippen molar-refractivity contribution in [2.45, 2.75) is 32.1 Å². The number of rotatable bonds is 2. The highest BCUT2D eigenvalue weighted by molar-refractivity contribution is 5.96. The molecule has 1 fully saturated rings. The summed E-state index contributed by atoms with van der Waals surface area (Å²) >= 11 is 0. The first-order chi connectivity index (χ1) is 9.18. The molecule has 1 aliphatic rings. The first-order valence-corrected chi connectivity index (χ1v) is 6.67. The standard InChI is InChI=1S/C14H18N2O3/c17-13(16-8-4-2-1-3-5-9-16)11-6-7-15-12(10-11)14(18)19/h6-7,10H,1-5,8-9H2,(H,18,19). The van der Waals surface area contributed by atoms with E-state index in [-0.39, 0.29) is 11.6 Å². The third-order valence-corrected chi connectivity index (χ3v) is 3.37. The number of likely N-dealkylation sites (tertiary alicyclic amines) is 1. The molecule has 2 heterocycles. The van der Waals surface area contributed by atoms with Crippen molar-refractivity contribution < 1.29 is 14.7 Å². The minimum atomic E-state index is -1.11. The van der Waals surface area contributed by atoms with Gasteiger partial charge in [-0.05, 0) is 25.0 Å². The van der Waals surface area contributed by atoms with E-state index in [4.69, 9.17) is 5.11 Å². The summed E-state index contributed by atoms with van der Waals surface area (Å²) in [5, 5.41) is 8.90. The quantitative estimate of drug-likeness (QED) is 0.886. The number of carbonyl (C=O) groups is 2. The lowest BCUT2D eigenvalue weighted by Gasteiger charge is -2.24. The van der Waals surface area contributed by atoms with Crippen LogP contribution in [0.5, 0.6) is 0 Å². The van der Waals surface area contributed by atoms with Gasteiger partial charge in [0.15, 0.2) is 0 Å². The van der Waals surface area contributed by atoms with Gasteiger partial charge in [-0.25, -0.2) is 9.78 Å². The van der Waals surface area contributed by atoms with Gasteiger partial charge in [0.25, 0.3) is 5.91 Å². The van der Waals surface area contributed by atoms with E-state index in [1.54, 1.807) is 6.07 Å². The van der Waals surface area contributed by atoms with E-state index < -0.39 is 5.97 Å². The summed E-state index contributed by atoms with van der Waals surface area (Å²) in [6.07, 6.45) is 6.95. The summed E-state index contributed by atoms with van der Waals surface area (Å²) in [6, 6.07) is 2.93. The van der Waals surface area contributed by atoms with E-state index >= 15 is 0 Å². The Balaban J connectivity index is 2.13.